The Bertz CT molecular complexity index is 881. The number of H-pyrrole nitrogens is 1. The lowest BCUT2D eigenvalue weighted by molar-refractivity contribution is 0.228. The SMILES string of the molecule is CCCCOc1cccc(C(NC2CCN(C)CC2)c2nc3ccccc3[nH]2)c1. The molecule has 154 valence electrons. The van der Waals surface area contributed by atoms with Crippen molar-refractivity contribution in [2.75, 3.05) is 26.7 Å². The third kappa shape index (κ3) is 4.98. The number of nitrogens with one attached hydrogen (secondary N) is 2. The first-order chi connectivity index (χ1) is 14.2. The van der Waals surface area contributed by atoms with Gasteiger partial charge in [-0.3, -0.25) is 0 Å². The Labute approximate surface area is 173 Å². The number of piperidine rings is 1. The van der Waals surface area contributed by atoms with Crippen molar-refractivity contribution in [1.82, 2.24) is 20.2 Å². The standard InChI is InChI=1S/C24H32N4O/c1-3-4-16-29-20-9-7-8-18(17-20)23(25-19-12-14-28(2)15-13-19)24-26-21-10-5-6-11-22(21)27-24/h5-11,17,19,23,25H,3-4,12-16H2,1-2H3,(H,26,27). The number of fused-ring (bicyclic) bond motifs is 1. The summed E-state index contributed by atoms with van der Waals surface area (Å²) >= 11 is 0. The van der Waals surface area contributed by atoms with Crippen molar-refractivity contribution >= 4 is 11.0 Å². The molecule has 5 heteroatoms. The van der Waals surface area contributed by atoms with Crippen LogP contribution in [0, 0.1) is 0 Å². The third-order valence-corrected chi connectivity index (χ3v) is 5.76. The minimum Gasteiger partial charge on any atom is -0.494 e. The monoisotopic (exact) mass is 392 g/mol. The highest BCUT2D eigenvalue weighted by atomic mass is 16.5. The molecule has 1 atom stereocenters. The maximum atomic E-state index is 5.97. The molecule has 0 bridgehead atoms. The summed E-state index contributed by atoms with van der Waals surface area (Å²) < 4.78 is 5.97. The molecule has 2 heterocycles. The zero-order valence-electron chi connectivity index (χ0n) is 17.5. The van der Waals surface area contributed by atoms with E-state index in [0.29, 0.717) is 6.04 Å². The molecule has 0 spiro atoms. The highest BCUT2D eigenvalue weighted by molar-refractivity contribution is 5.75. The van der Waals surface area contributed by atoms with Crippen LogP contribution in [-0.4, -0.2) is 47.7 Å². The molecule has 0 saturated carbocycles. The quantitative estimate of drug-likeness (QED) is 0.554. The Morgan fingerprint density at radius 3 is 2.79 bits per heavy atom. The van der Waals surface area contributed by atoms with Gasteiger partial charge in [0.1, 0.15) is 11.6 Å². The van der Waals surface area contributed by atoms with E-state index in [0.717, 1.165) is 68.0 Å². The smallest absolute Gasteiger partial charge is 0.129 e. The van der Waals surface area contributed by atoms with Crippen LogP contribution >= 0.6 is 0 Å². The average Bonchev–Trinajstić information content (AvgIpc) is 3.17. The molecule has 4 rings (SSSR count). The average molecular weight is 393 g/mol. The van der Waals surface area contributed by atoms with Gasteiger partial charge in [-0.25, -0.2) is 4.98 Å². The number of benzene rings is 2. The minimum absolute atomic E-state index is 0.0190. The zero-order chi connectivity index (χ0) is 20.1. The van der Waals surface area contributed by atoms with E-state index in [1.54, 1.807) is 0 Å². The van der Waals surface area contributed by atoms with E-state index >= 15 is 0 Å². The number of rotatable bonds is 8. The summed E-state index contributed by atoms with van der Waals surface area (Å²) in [6.07, 6.45) is 4.52. The molecule has 1 saturated heterocycles. The number of hydrogen-bond donors (Lipinski definition) is 2. The third-order valence-electron chi connectivity index (χ3n) is 5.76. The van der Waals surface area contributed by atoms with Gasteiger partial charge in [-0.05, 0) is 69.2 Å². The fourth-order valence-corrected chi connectivity index (χ4v) is 3.97. The Balaban J connectivity index is 1.61. The molecule has 0 radical (unpaired) electrons. The molecule has 0 aliphatic carbocycles. The van der Waals surface area contributed by atoms with E-state index in [9.17, 15) is 0 Å². The first kappa shape index (κ1) is 19.9. The highest BCUT2D eigenvalue weighted by Crippen LogP contribution is 2.27. The van der Waals surface area contributed by atoms with Crippen LogP contribution in [0.4, 0.5) is 0 Å². The van der Waals surface area contributed by atoms with Crippen molar-refractivity contribution < 1.29 is 4.74 Å². The van der Waals surface area contributed by atoms with Gasteiger partial charge in [-0.15, -0.1) is 0 Å². The summed E-state index contributed by atoms with van der Waals surface area (Å²) in [6.45, 7) is 5.20. The molecule has 1 aliphatic rings. The first-order valence-electron chi connectivity index (χ1n) is 10.8. The van der Waals surface area contributed by atoms with E-state index in [1.807, 2.05) is 18.2 Å². The van der Waals surface area contributed by atoms with E-state index in [-0.39, 0.29) is 6.04 Å². The molecule has 1 unspecified atom stereocenters. The number of imidazole rings is 1. The van der Waals surface area contributed by atoms with Gasteiger partial charge in [0.05, 0.1) is 23.7 Å². The van der Waals surface area contributed by atoms with Gasteiger partial charge >= 0.3 is 0 Å². The number of ether oxygens (including phenoxy) is 1. The van der Waals surface area contributed by atoms with Crippen LogP contribution in [0.2, 0.25) is 0 Å². The van der Waals surface area contributed by atoms with Gasteiger partial charge in [0.25, 0.3) is 0 Å². The van der Waals surface area contributed by atoms with E-state index in [4.69, 9.17) is 9.72 Å². The number of aromatic nitrogens is 2. The molecule has 2 N–H and O–H groups in total. The van der Waals surface area contributed by atoms with Gasteiger partial charge in [0, 0.05) is 6.04 Å². The van der Waals surface area contributed by atoms with E-state index < -0.39 is 0 Å². The summed E-state index contributed by atoms with van der Waals surface area (Å²) in [6, 6.07) is 17.2. The van der Waals surface area contributed by atoms with Gasteiger partial charge in [-0.1, -0.05) is 37.6 Å². The lowest BCUT2D eigenvalue weighted by atomic mass is 10.0. The van der Waals surface area contributed by atoms with Crippen molar-refractivity contribution in [3.8, 4) is 5.75 Å². The van der Waals surface area contributed by atoms with Crippen LogP contribution in [0.3, 0.4) is 0 Å². The normalized spacial score (nSPS) is 16.9. The number of para-hydroxylation sites is 2. The largest absolute Gasteiger partial charge is 0.494 e. The number of nitrogens with zero attached hydrogens (tertiary/aromatic N) is 2. The second-order valence-corrected chi connectivity index (χ2v) is 8.09. The maximum absolute atomic E-state index is 5.97. The summed E-state index contributed by atoms with van der Waals surface area (Å²) in [5.41, 5.74) is 3.28. The van der Waals surface area contributed by atoms with Crippen molar-refractivity contribution in [3.63, 3.8) is 0 Å². The fraction of sp³-hybridized carbons (Fsp3) is 0.458. The molecule has 3 aromatic rings. The first-order valence-corrected chi connectivity index (χ1v) is 10.8. The number of likely N-dealkylation sites (tertiary alicyclic amines) is 1. The second kappa shape index (κ2) is 9.42. The van der Waals surface area contributed by atoms with E-state index in [2.05, 4.69) is 59.5 Å². The fourth-order valence-electron chi connectivity index (χ4n) is 3.97. The summed E-state index contributed by atoms with van der Waals surface area (Å²) in [5, 5.41) is 3.89. The van der Waals surface area contributed by atoms with Crippen LogP contribution in [0.5, 0.6) is 5.75 Å². The molecule has 2 aromatic carbocycles. The van der Waals surface area contributed by atoms with Gasteiger partial charge in [-0.2, -0.15) is 0 Å². The van der Waals surface area contributed by atoms with E-state index in [1.165, 1.54) is 5.56 Å². The Hall–Kier alpha value is -2.37. The molecule has 0 amide bonds. The summed E-state index contributed by atoms with van der Waals surface area (Å²) in [7, 11) is 2.20. The second-order valence-electron chi connectivity index (χ2n) is 8.09. The highest BCUT2D eigenvalue weighted by Gasteiger charge is 2.24. The predicted octanol–water partition coefficient (Wildman–Crippen LogP) is 4.52. The molecule has 5 nitrogen and oxygen atoms in total. The van der Waals surface area contributed by atoms with Gasteiger partial charge in [0.15, 0.2) is 0 Å². The zero-order valence-corrected chi connectivity index (χ0v) is 17.5. The van der Waals surface area contributed by atoms with Crippen molar-refractivity contribution in [1.29, 1.82) is 0 Å². The summed E-state index contributed by atoms with van der Waals surface area (Å²) in [5.74, 6) is 1.90. The molecular formula is C24H32N4O. The van der Waals surface area contributed by atoms with Gasteiger partial charge < -0.3 is 19.9 Å². The molecular weight excluding hydrogens is 360 g/mol. The topological polar surface area (TPSA) is 53.2 Å². The Morgan fingerprint density at radius 1 is 1.17 bits per heavy atom. The van der Waals surface area contributed by atoms with Crippen molar-refractivity contribution in [2.24, 2.45) is 0 Å². The van der Waals surface area contributed by atoms with Crippen LogP contribution in [-0.2, 0) is 0 Å². The predicted molar refractivity (Wildman–Crippen MR) is 118 cm³/mol. The van der Waals surface area contributed by atoms with Crippen molar-refractivity contribution in [2.45, 2.75) is 44.7 Å². The number of hydrogen-bond acceptors (Lipinski definition) is 4. The van der Waals surface area contributed by atoms with Crippen LogP contribution in [0.1, 0.15) is 50.0 Å². The summed E-state index contributed by atoms with van der Waals surface area (Å²) in [4.78, 5) is 10.8. The van der Waals surface area contributed by atoms with Gasteiger partial charge in [0.2, 0.25) is 0 Å². The molecule has 29 heavy (non-hydrogen) atoms. The van der Waals surface area contributed by atoms with Crippen molar-refractivity contribution in [3.05, 3.63) is 59.9 Å². The maximum Gasteiger partial charge on any atom is 0.129 e. The van der Waals surface area contributed by atoms with Crippen LogP contribution in [0.25, 0.3) is 11.0 Å². The molecule has 1 fully saturated rings. The molecule has 1 aliphatic heterocycles. The Kier molecular flexibility index (Phi) is 6.47. The molecule has 1 aromatic heterocycles. The number of unbranched alkanes of at least 4 members (excludes halogenated alkanes) is 1. The lowest BCUT2D eigenvalue weighted by Crippen LogP contribution is -2.42. The Morgan fingerprint density at radius 2 is 2.00 bits per heavy atom. The minimum atomic E-state index is 0.0190. The van der Waals surface area contributed by atoms with Crippen LogP contribution < -0.4 is 10.1 Å². The van der Waals surface area contributed by atoms with Crippen LogP contribution in [0.15, 0.2) is 48.5 Å². The number of aromatic amines is 1. The lowest BCUT2D eigenvalue weighted by Gasteiger charge is -2.32.